The van der Waals surface area contributed by atoms with Gasteiger partial charge in [0, 0.05) is 5.75 Å². The highest BCUT2D eigenvalue weighted by Gasteiger charge is 2.46. The number of hydrogen-bond donors (Lipinski definition) is 4. The predicted molar refractivity (Wildman–Crippen MR) is 42.9 cm³/mol. The first-order valence-corrected chi connectivity index (χ1v) is 4.10. The highest BCUT2D eigenvalue weighted by Crippen LogP contribution is 2.22. The number of aliphatic hydroxyl groups is 3. The van der Waals surface area contributed by atoms with Crippen molar-refractivity contribution in [3.05, 3.63) is 0 Å². The minimum absolute atomic E-state index is 0.391. The van der Waals surface area contributed by atoms with Crippen LogP contribution < -0.4 is 0 Å². The summed E-state index contributed by atoms with van der Waals surface area (Å²) in [7, 11) is 0. The average molecular weight is 234 g/mol. The molecule has 84 valence electrons. The maximum Gasteiger partial charge on any atom is 0.421 e. The van der Waals surface area contributed by atoms with Gasteiger partial charge < -0.3 is 15.3 Å². The predicted octanol–water partition coefficient (Wildman–Crippen LogP) is -0.870. The van der Waals surface area contributed by atoms with Crippen LogP contribution in [0, 0.1) is 0 Å². The zero-order valence-electron chi connectivity index (χ0n) is 6.77. The molecule has 0 aromatic carbocycles. The quantitative estimate of drug-likeness (QED) is 0.477. The monoisotopic (exact) mass is 234 g/mol. The molecule has 0 aliphatic heterocycles. The van der Waals surface area contributed by atoms with Crippen molar-refractivity contribution in [2.45, 2.75) is 24.5 Å². The van der Waals surface area contributed by atoms with Gasteiger partial charge in [0.2, 0.25) is 11.9 Å². The van der Waals surface area contributed by atoms with Gasteiger partial charge in [-0.3, -0.25) is 4.79 Å². The van der Waals surface area contributed by atoms with Gasteiger partial charge in [0.25, 0.3) is 0 Å². The molecule has 0 rings (SSSR count). The molecule has 4 nitrogen and oxygen atoms in total. The van der Waals surface area contributed by atoms with E-state index in [1.807, 2.05) is 0 Å². The lowest BCUT2D eigenvalue weighted by atomic mass is 10.1. The number of thiol groups is 1. The number of Topliss-reactive ketones (excluding diaryl/α,β-unsaturated/α-hetero) is 1. The van der Waals surface area contributed by atoms with Gasteiger partial charge >= 0.3 is 6.18 Å². The van der Waals surface area contributed by atoms with Crippen LogP contribution >= 0.6 is 12.6 Å². The molecule has 0 aromatic heterocycles. The van der Waals surface area contributed by atoms with Crippen molar-refractivity contribution < 1.29 is 33.3 Å². The Morgan fingerprint density at radius 2 is 1.71 bits per heavy atom. The Labute approximate surface area is 82.8 Å². The van der Waals surface area contributed by atoms with Crippen LogP contribution in [0.5, 0.6) is 0 Å². The van der Waals surface area contributed by atoms with Gasteiger partial charge in [0.05, 0.1) is 6.10 Å². The third-order valence-electron chi connectivity index (χ3n) is 1.42. The number of alkyl halides is 3. The second kappa shape index (κ2) is 4.96. The van der Waals surface area contributed by atoms with Crippen LogP contribution in [0.2, 0.25) is 0 Å². The molecule has 0 fully saturated rings. The van der Waals surface area contributed by atoms with Crippen molar-refractivity contribution in [2.75, 3.05) is 5.75 Å². The van der Waals surface area contributed by atoms with Gasteiger partial charge in [0.1, 0.15) is 6.10 Å². The minimum atomic E-state index is -5.14. The van der Waals surface area contributed by atoms with E-state index in [9.17, 15) is 18.0 Å². The van der Waals surface area contributed by atoms with Crippen molar-refractivity contribution >= 4 is 18.4 Å². The van der Waals surface area contributed by atoms with Gasteiger partial charge in [-0.15, -0.1) is 0 Å². The van der Waals surface area contributed by atoms with Crippen LogP contribution in [-0.4, -0.2) is 51.3 Å². The van der Waals surface area contributed by atoms with Crippen LogP contribution in [0.1, 0.15) is 0 Å². The van der Waals surface area contributed by atoms with Crippen LogP contribution in [0.25, 0.3) is 0 Å². The smallest absolute Gasteiger partial charge is 0.389 e. The summed E-state index contributed by atoms with van der Waals surface area (Å²) in [4.78, 5) is 10.7. The zero-order valence-corrected chi connectivity index (χ0v) is 7.66. The normalized spacial score (nSPS) is 18.8. The van der Waals surface area contributed by atoms with E-state index in [0.29, 0.717) is 0 Å². The topological polar surface area (TPSA) is 77.8 Å². The maximum absolute atomic E-state index is 11.7. The van der Waals surface area contributed by atoms with Crippen molar-refractivity contribution in [3.8, 4) is 0 Å². The Bertz CT molecular complexity index is 208. The van der Waals surface area contributed by atoms with E-state index in [0.717, 1.165) is 0 Å². The van der Waals surface area contributed by atoms with E-state index >= 15 is 0 Å². The van der Waals surface area contributed by atoms with Crippen molar-refractivity contribution in [3.63, 3.8) is 0 Å². The molecule has 0 heterocycles. The second-order valence-corrected chi connectivity index (χ2v) is 2.91. The van der Waals surface area contributed by atoms with E-state index in [1.54, 1.807) is 0 Å². The molecule has 8 heteroatoms. The second-order valence-electron chi connectivity index (χ2n) is 2.54. The summed E-state index contributed by atoms with van der Waals surface area (Å²) < 4.78 is 35.2. The molecular formula is C6H9F3O4S. The molecule has 0 aromatic rings. The SMILES string of the molecule is O=C(C(O)C(F)(F)F)[C@@H](O)[C@@H](O)CS. The number of hydrogen-bond acceptors (Lipinski definition) is 5. The Morgan fingerprint density at radius 3 is 2.00 bits per heavy atom. The first kappa shape index (κ1) is 13.7. The molecule has 0 aliphatic carbocycles. The van der Waals surface area contributed by atoms with Gasteiger partial charge in [0.15, 0.2) is 0 Å². The lowest BCUT2D eigenvalue weighted by Crippen LogP contribution is -2.47. The third-order valence-corrected chi connectivity index (χ3v) is 1.80. The van der Waals surface area contributed by atoms with Crippen molar-refractivity contribution in [1.82, 2.24) is 0 Å². The van der Waals surface area contributed by atoms with Gasteiger partial charge in [-0.1, -0.05) is 0 Å². The van der Waals surface area contributed by atoms with Crippen molar-refractivity contribution in [1.29, 1.82) is 0 Å². The fraction of sp³-hybridized carbons (Fsp3) is 0.833. The molecule has 0 amide bonds. The highest BCUT2D eigenvalue weighted by molar-refractivity contribution is 7.80. The first-order chi connectivity index (χ1) is 6.21. The fourth-order valence-corrected chi connectivity index (χ4v) is 0.812. The molecule has 3 atom stereocenters. The molecule has 0 saturated heterocycles. The fourth-order valence-electron chi connectivity index (χ4n) is 0.613. The summed E-state index contributed by atoms with van der Waals surface area (Å²) >= 11 is 3.47. The Balaban J connectivity index is 4.47. The van der Waals surface area contributed by atoms with Gasteiger partial charge in [-0.05, 0) is 0 Å². The molecule has 1 unspecified atom stereocenters. The zero-order chi connectivity index (χ0) is 11.5. The first-order valence-electron chi connectivity index (χ1n) is 3.47. The lowest BCUT2D eigenvalue weighted by Gasteiger charge is -2.19. The number of carbonyl (C=O) groups is 1. The van der Waals surface area contributed by atoms with Gasteiger partial charge in [-0.25, -0.2) is 0 Å². The maximum atomic E-state index is 11.7. The summed E-state index contributed by atoms with van der Waals surface area (Å²) in [6.07, 6.45) is -12.5. The number of aliphatic hydroxyl groups excluding tert-OH is 3. The Morgan fingerprint density at radius 1 is 1.29 bits per heavy atom. The summed E-state index contributed by atoms with van der Waals surface area (Å²) in [5, 5.41) is 26.0. The molecule has 3 N–H and O–H groups in total. The molecule has 0 saturated carbocycles. The number of halogens is 3. The Kier molecular flexibility index (Phi) is 4.85. The van der Waals surface area contributed by atoms with Crippen LogP contribution in [0.15, 0.2) is 0 Å². The van der Waals surface area contributed by atoms with Crippen LogP contribution in [0.4, 0.5) is 13.2 Å². The standard InChI is InChI=1S/C6H9F3O4S/c7-6(8,9)5(13)4(12)3(11)2(10)1-14/h2-3,5,10-11,13-14H,1H2/t2-,3-,5?/m0/s1. The average Bonchev–Trinajstić information content (AvgIpc) is 2.11. The van der Waals surface area contributed by atoms with Crippen LogP contribution in [-0.2, 0) is 4.79 Å². The van der Waals surface area contributed by atoms with Gasteiger partial charge in [-0.2, -0.15) is 25.8 Å². The molecule has 0 bridgehead atoms. The summed E-state index contributed by atoms with van der Waals surface area (Å²) in [6, 6.07) is 0. The molecular weight excluding hydrogens is 225 g/mol. The van der Waals surface area contributed by atoms with Crippen molar-refractivity contribution in [2.24, 2.45) is 0 Å². The lowest BCUT2D eigenvalue weighted by molar-refractivity contribution is -0.209. The molecule has 0 spiro atoms. The number of carbonyl (C=O) groups excluding carboxylic acids is 1. The molecule has 0 aliphatic rings. The number of ketones is 1. The van der Waals surface area contributed by atoms with E-state index in [4.69, 9.17) is 15.3 Å². The Hall–Kier alpha value is -0.310. The summed E-state index contributed by atoms with van der Waals surface area (Å²) in [5.41, 5.74) is 0. The molecule has 0 radical (unpaired) electrons. The number of rotatable bonds is 4. The third kappa shape index (κ3) is 3.45. The van der Waals surface area contributed by atoms with E-state index in [1.165, 1.54) is 0 Å². The summed E-state index contributed by atoms with van der Waals surface area (Å²) in [5.74, 6) is -2.28. The highest BCUT2D eigenvalue weighted by atomic mass is 32.1. The minimum Gasteiger partial charge on any atom is -0.389 e. The van der Waals surface area contributed by atoms with E-state index in [2.05, 4.69) is 12.6 Å². The molecule has 14 heavy (non-hydrogen) atoms. The van der Waals surface area contributed by atoms with E-state index < -0.39 is 36.0 Å². The van der Waals surface area contributed by atoms with Crippen LogP contribution in [0.3, 0.4) is 0 Å². The largest absolute Gasteiger partial charge is 0.421 e. The van der Waals surface area contributed by atoms with E-state index in [-0.39, 0.29) is 0 Å². The summed E-state index contributed by atoms with van der Waals surface area (Å²) in [6.45, 7) is 0.